The number of thioether (sulfide) groups is 1. The lowest BCUT2D eigenvalue weighted by atomic mass is 10.0. The summed E-state index contributed by atoms with van der Waals surface area (Å²) in [6, 6.07) is 13.1. The molecule has 0 aliphatic rings. The van der Waals surface area contributed by atoms with Crippen LogP contribution >= 0.6 is 23.4 Å². The summed E-state index contributed by atoms with van der Waals surface area (Å²) in [6.45, 7) is 8.66. The topological polar surface area (TPSA) is 115 Å². The second kappa shape index (κ2) is 14.0. The van der Waals surface area contributed by atoms with E-state index in [1.54, 1.807) is 55.5 Å². The van der Waals surface area contributed by atoms with E-state index in [9.17, 15) is 14.4 Å². The molecule has 2 amide bonds. The molecular weight excluding hydrogens is 526 g/mol. The number of hydrogen-bond donors (Lipinski definition) is 2. The van der Waals surface area contributed by atoms with Crippen LogP contribution in [0.3, 0.4) is 0 Å². The van der Waals surface area contributed by atoms with Crippen molar-refractivity contribution in [2.75, 3.05) is 17.7 Å². The Morgan fingerprint density at radius 3 is 2.53 bits per heavy atom. The van der Waals surface area contributed by atoms with Crippen molar-refractivity contribution in [1.82, 2.24) is 20.1 Å². The molecule has 202 valence electrons. The van der Waals surface area contributed by atoms with Crippen molar-refractivity contribution in [3.63, 3.8) is 0 Å². The Morgan fingerprint density at radius 1 is 1.08 bits per heavy atom. The quantitative estimate of drug-likeness (QED) is 0.227. The maximum atomic E-state index is 13.0. The molecule has 9 nitrogen and oxygen atoms in total. The maximum absolute atomic E-state index is 13.0. The number of rotatable bonds is 12. The van der Waals surface area contributed by atoms with Gasteiger partial charge in [0.25, 0.3) is 5.91 Å². The molecule has 0 saturated carbocycles. The minimum Gasteiger partial charge on any atom is -0.462 e. The summed E-state index contributed by atoms with van der Waals surface area (Å²) in [5.74, 6) is -0.00568. The van der Waals surface area contributed by atoms with Gasteiger partial charge in [0.2, 0.25) is 5.91 Å². The van der Waals surface area contributed by atoms with E-state index in [-0.39, 0.29) is 36.1 Å². The van der Waals surface area contributed by atoms with E-state index >= 15 is 0 Å². The number of anilines is 1. The lowest BCUT2D eigenvalue weighted by Gasteiger charge is -2.21. The van der Waals surface area contributed by atoms with Crippen LogP contribution in [0.25, 0.3) is 0 Å². The van der Waals surface area contributed by atoms with Crippen LogP contribution in [0.15, 0.2) is 53.7 Å². The largest absolute Gasteiger partial charge is 0.462 e. The first-order valence-electron chi connectivity index (χ1n) is 12.4. The van der Waals surface area contributed by atoms with Crippen LogP contribution in [-0.4, -0.2) is 44.9 Å². The molecule has 0 aliphatic carbocycles. The van der Waals surface area contributed by atoms with E-state index in [0.717, 1.165) is 0 Å². The van der Waals surface area contributed by atoms with Crippen LogP contribution in [0.4, 0.5) is 5.69 Å². The average molecular weight is 558 g/mol. The molecule has 1 heterocycles. The van der Waals surface area contributed by atoms with E-state index in [4.69, 9.17) is 16.3 Å². The second-order valence-electron chi connectivity index (χ2n) is 8.86. The number of amides is 2. The molecular formula is C27H32ClN5O4S. The third kappa shape index (κ3) is 7.82. The standard InChI is InChI=1S/C27H32ClN5O4S/c1-5-33-24(22(14-17(3)4)30-25(35)20-12-7-8-13-21(20)28)31-32-27(33)38-16-23(34)29-19-11-9-10-18(15-19)26(36)37-6-2/h7-13,15,17,22H,5-6,14,16H2,1-4H3,(H,29,34)(H,30,35)/t22-/m1/s1. The van der Waals surface area contributed by atoms with Gasteiger partial charge in [0.05, 0.1) is 34.6 Å². The molecule has 11 heteroatoms. The molecule has 2 aromatic carbocycles. The van der Waals surface area contributed by atoms with Crippen molar-refractivity contribution < 1.29 is 19.1 Å². The number of benzene rings is 2. The van der Waals surface area contributed by atoms with Crippen LogP contribution < -0.4 is 10.6 Å². The summed E-state index contributed by atoms with van der Waals surface area (Å²) in [4.78, 5) is 37.6. The second-order valence-corrected chi connectivity index (χ2v) is 10.2. The molecule has 0 fully saturated rings. The normalized spacial score (nSPS) is 11.7. The number of esters is 1. The molecule has 3 rings (SSSR count). The number of ether oxygens (including phenoxy) is 1. The zero-order valence-electron chi connectivity index (χ0n) is 21.9. The van der Waals surface area contributed by atoms with Crippen LogP contribution in [0.5, 0.6) is 0 Å². The van der Waals surface area contributed by atoms with Crippen LogP contribution in [0.2, 0.25) is 5.02 Å². The first-order valence-corrected chi connectivity index (χ1v) is 13.8. The SMILES string of the molecule is CCOC(=O)c1cccc(NC(=O)CSc2nnc([C@@H](CC(C)C)NC(=O)c3ccccc3Cl)n2CC)c1. The van der Waals surface area contributed by atoms with E-state index in [2.05, 4.69) is 34.7 Å². The molecule has 1 aromatic heterocycles. The number of nitrogens with zero attached hydrogens (tertiary/aromatic N) is 3. The Morgan fingerprint density at radius 2 is 1.84 bits per heavy atom. The fourth-order valence-electron chi connectivity index (χ4n) is 3.81. The number of nitrogens with one attached hydrogen (secondary N) is 2. The van der Waals surface area contributed by atoms with Crippen molar-refractivity contribution in [3.8, 4) is 0 Å². The Labute approximate surface area is 231 Å². The molecule has 0 bridgehead atoms. The van der Waals surface area contributed by atoms with Gasteiger partial charge in [-0.3, -0.25) is 9.59 Å². The molecule has 0 unspecified atom stereocenters. The van der Waals surface area contributed by atoms with Crippen molar-refractivity contribution >= 4 is 46.8 Å². The van der Waals surface area contributed by atoms with Gasteiger partial charge in [0.15, 0.2) is 11.0 Å². The summed E-state index contributed by atoms with van der Waals surface area (Å²) < 4.78 is 6.91. The van der Waals surface area contributed by atoms with E-state index in [0.29, 0.717) is 45.8 Å². The van der Waals surface area contributed by atoms with Gasteiger partial charge in [-0.25, -0.2) is 4.79 Å². The van der Waals surface area contributed by atoms with E-state index in [1.165, 1.54) is 11.8 Å². The highest BCUT2D eigenvalue weighted by molar-refractivity contribution is 7.99. The van der Waals surface area contributed by atoms with Gasteiger partial charge >= 0.3 is 5.97 Å². The summed E-state index contributed by atoms with van der Waals surface area (Å²) in [6.07, 6.45) is 0.649. The van der Waals surface area contributed by atoms with Crippen molar-refractivity contribution in [2.45, 2.75) is 51.9 Å². The molecule has 0 spiro atoms. The zero-order valence-corrected chi connectivity index (χ0v) is 23.4. The van der Waals surface area contributed by atoms with Gasteiger partial charge in [-0.15, -0.1) is 10.2 Å². The van der Waals surface area contributed by atoms with Crippen molar-refractivity contribution in [1.29, 1.82) is 0 Å². The lowest BCUT2D eigenvalue weighted by Crippen LogP contribution is -2.31. The Kier molecular flexibility index (Phi) is 10.7. The first-order chi connectivity index (χ1) is 18.2. The fraction of sp³-hybridized carbons (Fsp3) is 0.370. The smallest absolute Gasteiger partial charge is 0.338 e. The van der Waals surface area contributed by atoms with E-state index < -0.39 is 5.97 Å². The van der Waals surface area contributed by atoms with Crippen molar-refractivity contribution in [3.05, 3.63) is 70.5 Å². The monoisotopic (exact) mass is 557 g/mol. The zero-order chi connectivity index (χ0) is 27.7. The van der Waals surface area contributed by atoms with Crippen molar-refractivity contribution in [2.24, 2.45) is 5.92 Å². The summed E-state index contributed by atoms with van der Waals surface area (Å²) in [5, 5.41) is 15.5. The van der Waals surface area contributed by atoms with Crippen LogP contribution in [-0.2, 0) is 16.1 Å². The third-order valence-electron chi connectivity index (χ3n) is 5.49. The highest BCUT2D eigenvalue weighted by Crippen LogP contribution is 2.26. The van der Waals surface area contributed by atoms with Gasteiger partial charge in [-0.2, -0.15) is 0 Å². The van der Waals surface area contributed by atoms with Gasteiger partial charge in [0.1, 0.15) is 0 Å². The molecule has 1 atom stereocenters. The molecule has 2 N–H and O–H groups in total. The predicted molar refractivity (Wildman–Crippen MR) is 149 cm³/mol. The molecule has 0 saturated heterocycles. The Hall–Kier alpha value is -3.37. The predicted octanol–water partition coefficient (Wildman–Crippen LogP) is 5.38. The molecule has 3 aromatic rings. The highest BCUT2D eigenvalue weighted by Gasteiger charge is 2.25. The van der Waals surface area contributed by atoms with Gasteiger partial charge in [-0.1, -0.05) is 55.4 Å². The molecule has 0 aliphatic heterocycles. The Bertz CT molecular complexity index is 1280. The van der Waals surface area contributed by atoms with E-state index in [1.807, 2.05) is 11.5 Å². The maximum Gasteiger partial charge on any atom is 0.338 e. The number of hydrogen-bond acceptors (Lipinski definition) is 7. The number of carbonyl (C=O) groups is 3. The molecule has 0 radical (unpaired) electrons. The average Bonchev–Trinajstić information content (AvgIpc) is 3.30. The number of carbonyl (C=O) groups excluding carboxylic acids is 3. The Balaban J connectivity index is 1.71. The fourth-order valence-corrected chi connectivity index (χ4v) is 4.84. The van der Waals surface area contributed by atoms with Gasteiger partial charge in [0, 0.05) is 12.2 Å². The summed E-state index contributed by atoms with van der Waals surface area (Å²) in [7, 11) is 0. The third-order valence-corrected chi connectivity index (χ3v) is 6.79. The number of halogens is 1. The summed E-state index contributed by atoms with van der Waals surface area (Å²) in [5.41, 5.74) is 1.25. The minimum absolute atomic E-state index is 0.0859. The van der Waals surface area contributed by atoms with Crippen LogP contribution in [0, 0.1) is 5.92 Å². The summed E-state index contributed by atoms with van der Waals surface area (Å²) >= 11 is 7.47. The molecule has 38 heavy (non-hydrogen) atoms. The highest BCUT2D eigenvalue weighted by atomic mass is 35.5. The van der Waals surface area contributed by atoms with Gasteiger partial charge < -0.3 is 19.9 Å². The number of aromatic nitrogens is 3. The van der Waals surface area contributed by atoms with Gasteiger partial charge in [-0.05, 0) is 56.5 Å². The lowest BCUT2D eigenvalue weighted by molar-refractivity contribution is -0.113. The van der Waals surface area contributed by atoms with Crippen LogP contribution in [0.1, 0.15) is 66.7 Å². The first kappa shape index (κ1) is 29.2. The minimum atomic E-state index is -0.445.